The molecular weight excluding hydrogens is 389 g/mol. The maximum Gasteiger partial charge on any atom is 0.253 e. The molecular formula is C22H28FN3O4. The number of halogens is 1. The number of carbonyl (C=O) groups excluding carboxylic acids is 1. The molecule has 4 rings (SSSR count). The number of hydrogen-bond acceptors (Lipinski definition) is 6. The molecule has 1 saturated heterocycles. The number of rotatable bonds is 8. The van der Waals surface area contributed by atoms with Crippen LogP contribution in [-0.4, -0.2) is 54.4 Å². The van der Waals surface area contributed by atoms with Crippen LogP contribution in [0.2, 0.25) is 0 Å². The summed E-state index contributed by atoms with van der Waals surface area (Å²) in [5.74, 6) is 1.26. The van der Waals surface area contributed by atoms with Gasteiger partial charge in [0.15, 0.2) is 17.4 Å². The second kappa shape index (κ2) is 9.55. The molecule has 1 aliphatic heterocycles. The molecule has 162 valence electrons. The lowest BCUT2D eigenvalue weighted by molar-refractivity contribution is 0.0789. The van der Waals surface area contributed by atoms with Crippen molar-refractivity contribution in [2.75, 3.05) is 33.4 Å². The summed E-state index contributed by atoms with van der Waals surface area (Å²) in [5.41, 5.74) is 0.305. The van der Waals surface area contributed by atoms with Gasteiger partial charge in [-0.05, 0) is 43.4 Å². The highest BCUT2D eigenvalue weighted by Crippen LogP contribution is 2.28. The minimum absolute atomic E-state index is 0.00213. The van der Waals surface area contributed by atoms with Crippen LogP contribution in [0.1, 0.15) is 60.1 Å². The lowest BCUT2D eigenvalue weighted by Crippen LogP contribution is -2.28. The van der Waals surface area contributed by atoms with Crippen LogP contribution in [0.4, 0.5) is 4.39 Å². The fourth-order valence-electron chi connectivity index (χ4n) is 4.25. The van der Waals surface area contributed by atoms with Gasteiger partial charge in [-0.2, -0.15) is 4.98 Å². The molecule has 1 unspecified atom stereocenters. The van der Waals surface area contributed by atoms with Crippen LogP contribution >= 0.6 is 0 Å². The third-order valence-corrected chi connectivity index (χ3v) is 6.01. The SMILES string of the molecule is COc1ccc(C(=O)N2CCC(c3nc(CCOCC4CCCC4)no3)C2)cc1F. The fourth-order valence-corrected chi connectivity index (χ4v) is 4.25. The Morgan fingerprint density at radius 1 is 1.30 bits per heavy atom. The molecule has 7 nitrogen and oxygen atoms in total. The normalized spacial score (nSPS) is 19.5. The molecule has 1 aromatic carbocycles. The number of likely N-dealkylation sites (tertiary alicyclic amines) is 1. The number of ether oxygens (including phenoxy) is 2. The van der Waals surface area contributed by atoms with Gasteiger partial charge in [-0.25, -0.2) is 4.39 Å². The Morgan fingerprint density at radius 3 is 2.90 bits per heavy atom. The Balaban J connectivity index is 1.27. The van der Waals surface area contributed by atoms with E-state index < -0.39 is 5.82 Å². The summed E-state index contributed by atoms with van der Waals surface area (Å²) in [7, 11) is 1.39. The number of carbonyl (C=O) groups is 1. The number of nitrogens with zero attached hydrogens (tertiary/aromatic N) is 3. The van der Waals surface area contributed by atoms with E-state index in [1.165, 1.54) is 44.9 Å². The minimum atomic E-state index is -0.546. The quantitative estimate of drug-likeness (QED) is 0.611. The molecule has 1 atom stereocenters. The van der Waals surface area contributed by atoms with Crippen LogP contribution < -0.4 is 4.74 Å². The van der Waals surface area contributed by atoms with Crippen molar-refractivity contribution < 1.29 is 23.2 Å². The number of aromatic nitrogens is 2. The summed E-state index contributed by atoms with van der Waals surface area (Å²) in [4.78, 5) is 18.9. The summed E-state index contributed by atoms with van der Waals surface area (Å²) in [6, 6.07) is 4.26. The maximum atomic E-state index is 13.9. The zero-order valence-corrected chi connectivity index (χ0v) is 17.3. The third kappa shape index (κ3) is 4.80. The number of hydrogen-bond donors (Lipinski definition) is 0. The van der Waals surface area contributed by atoms with Gasteiger partial charge in [-0.1, -0.05) is 18.0 Å². The highest BCUT2D eigenvalue weighted by atomic mass is 19.1. The van der Waals surface area contributed by atoms with Crippen LogP contribution in [0.25, 0.3) is 0 Å². The molecule has 0 spiro atoms. The number of methoxy groups -OCH3 is 1. The van der Waals surface area contributed by atoms with E-state index in [0.29, 0.717) is 49.3 Å². The van der Waals surface area contributed by atoms with Crippen molar-refractivity contribution in [3.05, 3.63) is 41.3 Å². The second-order valence-electron chi connectivity index (χ2n) is 8.11. The second-order valence-corrected chi connectivity index (χ2v) is 8.11. The van der Waals surface area contributed by atoms with Gasteiger partial charge in [0.25, 0.3) is 5.91 Å². The van der Waals surface area contributed by atoms with E-state index >= 15 is 0 Å². The average molecular weight is 417 g/mol. The van der Waals surface area contributed by atoms with Gasteiger partial charge in [-0.15, -0.1) is 0 Å². The smallest absolute Gasteiger partial charge is 0.253 e. The van der Waals surface area contributed by atoms with Gasteiger partial charge in [0.2, 0.25) is 5.89 Å². The van der Waals surface area contributed by atoms with Crippen molar-refractivity contribution >= 4 is 5.91 Å². The molecule has 8 heteroatoms. The molecule has 2 fully saturated rings. The summed E-state index contributed by atoms with van der Waals surface area (Å²) in [6.45, 7) is 2.45. The topological polar surface area (TPSA) is 77.7 Å². The predicted molar refractivity (Wildman–Crippen MR) is 107 cm³/mol. The van der Waals surface area contributed by atoms with Gasteiger partial charge in [0, 0.05) is 31.7 Å². The molecule has 0 N–H and O–H groups in total. The highest BCUT2D eigenvalue weighted by Gasteiger charge is 2.31. The number of amides is 1. The van der Waals surface area contributed by atoms with E-state index in [4.69, 9.17) is 14.0 Å². The van der Waals surface area contributed by atoms with Crippen molar-refractivity contribution in [1.82, 2.24) is 15.0 Å². The Morgan fingerprint density at radius 2 is 2.13 bits per heavy atom. The van der Waals surface area contributed by atoms with E-state index in [0.717, 1.165) is 13.0 Å². The highest BCUT2D eigenvalue weighted by molar-refractivity contribution is 5.94. The van der Waals surface area contributed by atoms with E-state index in [1.807, 2.05) is 0 Å². The first-order valence-electron chi connectivity index (χ1n) is 10.7. The zero-order valence-electron chi connectivity index (χ0n) is 17.3. The molecule has 1 aliphatic carbocycles. The van der Waals surface area contributed by atoms with Crippen LogP contribution in [0.15, 0.2) is 22.7 Å². The molecule has 2 aliphatic rings. The summed E-state index contributed by atoms with van der Waals surface area (Å²) in [6.07, 6.45) is 6.53. The minimum Gasteiger partial charge on any atom is -0.494 e. The summed E-state index contributed by atoms with van der Waals surface area (Å²) in [5, 5.41) is 4.06. The molecule has 0 radical (unpaired) electrons. The molecule has 1 aromatic heterocycles. The Hall–Kier alpha value is -2.48. The third-order valence-electron chi connectivity index (χ3n) is 6.01. The lowest BCUT2D eigenvalue weighted by atomic mass is 10.1. The molecule has 2 heterocycles. The number of benzene rings is 1. The lowest BCUT2D eigenvalue weighted by Gasteiger charge is -2.16. The standard InChI is InChI=1S/C22H28FN3O4/c1-28-19-7-6-16(12-18(19)23)22(27)26-10-8-17(13-26)21-24-20(25-30-21)9-11-29-14-15-4-2-3-5-15/h6-7,12,15,17H,2-5,8-11,13-14H2,1H3. The molecule has 0 bridgehead atoms. The van der Waals surface area contributed by atoms with Gasteiger partial charge in [-0.3, -0.25) is 4.79 Å². The van der Waals surface area contributed by atoms with Crippen LogP contribution in [0.5, 0.6) is 5.75 Å². The zero-order chi connectivity index (χ0) is 20.9. The first kappa shape index (κ1) is 20.8. The van der Waals surface area contributed by atoms with Crippen molar-refractivity contribution in [2.24, 2.45) is 5.92 Å². The van der Waals surface area contributed by atoms with E-state index in [9.17, 15) is 9.18 Å². The maximum absolute atomic E-state index is 13.9. The molecule has 2 aromatic rings. The Labute approximate surface area is 175 Å². The van der Waals surface area contributed by atoms with Crippen molar-refractivity contribution in [1.29, 1.82) is 0 Å². The summed E-state index contributed by atoms with van der Waals surface area (Å²) < 4.78 is 30.0. The van der Waals surface area contributed by atoms with Crippen LogP contribution in [0.3, 0.4) is 0 Å². The Kier molecular flexibility index (Phi) is 6.62. The van der Waals surface area contributed by atoms with E-state index in [1.54, 1.807) is 11.0 Å². The van der Waals surface area contributed by atoms with Crippen molar-refractivity contribution in [3.8, 4) is 5.75 Å². The van der Waals surface area contributed by atoms with Crippen molar-refractivity contribution in [2.45, 2.75) is 44.4 Å². The van der Waals surface area contributed by atoms with E-state index in [2.05, 4.69) is 10.1 Å². The monoisotopic (exact) mass is 417 g/mol. The van der Waals surface area contributed by atoms with E-state index in [-0.39, 0.29) is 17.6 Å². The molecule has 1 saturated carbocycles. The molecule has 1 amide bonds. The molecule has 30 heavy (non-hydrogen) atoms. The van der Waals surface area contributed by atoms with Crippen molar-refractivity contribution in [3.63, 3.8) is 0 Å². The summed E-state index contributed by atoms with van der Waals surface area (Å²) >= 11 is 0. The average Bonchev–Trinajstić information content (AvgIpc) is 3.52. The Bertz CT molecular complexity index is 866. The fraction of sp³-hybridized carbons (Fsp3) is 0.591. The first-order chi connectivity index (χ1) is 14.6. The van der Waals surface area contributed by atoms with Gasteiger partial charge < -0.3 is 18.9 Å². The predicted octanol–water partition coefficient (Wildman–Crippen LogP) is 3.60. The largest absolute Gasteiger partial charge is 0.494 e. The van der Waals surface area contributed by atoms with Gasteiger partial charge in [0.05, 0.1) is 19.6 Å². The van der Waals surface area contributed by atoms with Gasteiger partial charge >= 0.3 is 0 Å². The van der Waals surface area contributed by atoms with Crippen LogP contribution in [0, 0.1) is 11.7 Å². The van der Waals surface area contributed by atoms with Gasteiger partial charge in [0.1, 0.15) is 0 Å². The first-order valence-corrected chi connectivity index (χ1v) is 10.7. The van der Waals surface area contributed by atoms with Crippen LogP contribution in [-0.2, 0) is 11.2 Å².